The van der Waals surface area contributed by atoms with Gasteiger partial charge in [0.1, 0.15) is 0 Å². The minimum Gasteiger partial charge on any atom is -0.396 e. The summed E-state index contributed by atoms with van der Waals surface area (Å²) in [4.78, 5) is 0. The summed E-state index contributed by atoms with van der Waals surface area (Å²) in [5, 5.41) is 10.3. The molecule has 1 unspecified atom stereocenters. The fourth-order valence-corrected chi connectivity index (χ4v) is 2.62. The van der Waals surface area contributed by atoms with Crippen LogP contribution in [0.5, 0.6) is 0 Å². The first-order chi connectivity index (χ1) is 7.13. The third-order valence-electron chi connectivity index (χ3n) is 1.98. The Balaban J connectivity index is 2.46. The first-order valence-corrected chi connectivity index (χ1v) is 6.67. The van der Waals surface area contributed by atoms with Crippen molar-refractivity contribution in [3.8, 4) is 0 Å². The second-order valence-corrected chi connectivity index (χ2v) is 5.41. The van der Waals surface area contributed by atoms with Gasteiger partial charge in [-0.1, -0.05) is 30.1 Å². The smallest absolute Gasteiger partial charge is 0.0464 e. The molecule has 0 fully saturated rings. The van der Waals surface area contributed by atoms with Crippen molar-refractivity contribution in [1.82, 2.24) is 0 Å². The van der Waals surface area contributed by atoms with Gasteiger partial charge < -0.3 is 5.11 Å². The monoisotopic (exact) mass is 264 g/mol. The molecule has 0 saturated carbocycles. The number of rotatable bonds is 5. The van der Waals surface area contributed by atoms with Crippen molar-refractivity contribution in [2.24, 2.45) is 5.92 Å². The topological polar surface area (TPSA) is 20.2 Å². The molecule has 0 heterocycles. The molecule has 4 heteroatoms. The third kappa shape index (κ3) is 4.64. The lowest BCUT2D eigenvalue weighted by Crippen LogP contribution is -2.03. The molecule has 1 nitrogen and oxygen atoms in total. The van der Waals surface area contributed by atoms with Gasteiger partial charge in [0.15, 0.2) is 0 Å². The Kier molecular flexibility index (Phi) is 5.83. The van der Waals surface area contributed by atoms with Crippen molar-refractivity contribution in [1.29, 1.82) is 0 Å². The quantitative estimate of drug-likeness (QED) is 0.872. The van der Waals surface area contributed by atoms with E-state index in [4.69, 9.17) is 28.3 Å². The Morgan fingerprint density at radius 3 is 2.80 bits per heavy atom. The highest BCUT2D eigenvalue weighted by Gasteiger charge is 2.04. The van der Waals surface area contributed by atoms with Gasteiger partial charge in [0.25, 0.3) is 0 Å². The number of thioether (sulfide) groups is 1. The molecule has 0 aliphatic rings. The number of aliphatic hydroxyl groups is 1. The summed E-state index contributed by atoms with van der Waals surface area (Å²) in [6.07, 6.45) is 0. The van der Waals surface area contributed by atoms with Crippen LogP contribution in [0.1, 0.15) is 12.5 Å². The summed E-state index contributed by atoms with van der Waals surface area (Å²) in [5.74, 6) is 2.09. The van der Waals surface area contributed by atoms with Gasteiger partial charge in [-0.3, -0.25) is 0 Å². The van der Waals surface area contributed by atoms with E-state index in [0.717, 1.165) is 22.1 Å². The molecule has 0 bridgehead atoms. The Morgan fingerprint density at radius 2 is 2.13 bits per heavy atom. The number of hydrogen-bond acceptors (Lipinski definition) is 2. The Hall–Kier alpha value is 0.110. The fraction of sp³-hybridized carbons (Fsp3) is 0.455. The zero-order valence-corrected chi connectivity index (χ0v) is 10.9. The van der Waals surface area contributed by atoms with Crippen molar-refractivity contribution in [3.05, 3.63) is 33.8 Å². The van der Waals surface area contributed by atoms with Crippen LogP contribution in [0.4, 0.5) is 0 Å². The lowest BCUT2D eigenvalue weighted by molar-refractivity contribution is 0.250. The lowest BCUT2D eigenvalue weighted by atomic mass is 10.2. The molecule has 84 valence electrons. The predicted octanol–water partition coefficient (Wildman–Crippen LogP) is 3.86. The molecule has 1 aromatic rings. The van der Waals surface area contributed by atoms with Gasteiger partial charge in [-0.25, -0.2) is 0 Å². The van der Waals surface area contributed by atoms with Crippen LogP contribution in [0.2, 0.25) is 10.0 Å². The zero-order chi connectivity index (χ0) is 11.3. The molecule has 1 N–H and O–H groups in total. The van der Waals surface area contributed by atoms with Crippen molar-refractivity contribution >= 4 is 35.0 Å². The van der Waals surface area contributed by atoms with Gasteiger partial charge in [0.2, 0.25) is 0 Å². The molecular weight excluding hydrogens is 251 g/mol. The average Bonchev–Trinajstić information content (AvgIpc) is 2.23. The third-order valence-corrected chi connectivity index (χ3v) is 3.90. The molecule has 1 rings (SSSR count). The van der Waals surface area contributed by atoms with Crippen LogP contribution in [-0.2, 0) is 5.75 Å². The normalized spacial score (nSPS) is 12.8. The fourth-order valence-electron chi connectivity index (χ4n) is 1.08. The predicted molar refractivity (Wildman–Crippen MR) is 68.9 cm³/mol. The number of benzene rings is 1. The van der Waals surface area contributed by atoms with E-state index in [0.29, 0.717) is 10.9 Å². The standard InChI is InChI=1S/C11H14Cl2OS/c1-8(5-14)6-15-7-9-4-10(12)2-3-11(9)13/h2-4,8,14H,5-7H2,1H3. The van der Waals surface area contributed by atoms with Crippen molar-refractivity contribution in [2.45, 2.75) is 12.7 Å². The highest BCUT2D eigenvalue weighted by Crippen LogP contribution is 2.25. The molecule has 0 aliphatic carbocycles. The van der Waals surface area contributed by atoms with Crippen molar-refractivity contribution < 1.29 is 5.11 Å². The van der Waals surface area contributed by atoms with Gasteiger partial charge in [-0.05, 0) is 35.4 Å². The second kappa shape index (κ2) is 6.64. The van der Waals surface area contributed by atoms with E-state index < -0.39 is 0 Å². The minimum absolute atomic E-state index is 0.232. The Labute approximate surface area is 105 Å². The van der Waals surface area contributed by atoms with Crippen molar-refractivity contribution in [3.63, 3.8) is 0 Å². The molecule has 1 atom stereocenters. The summed E-state index contributed by atoms with van der Waals surface area (Å²) >= 11 is 13.7. The van der Waals surface area contributed by atoms with Gasteiger partial charge >= 0.3 is 0 Å². The highest BCUT2D eigenvalue weighted by atomic mass is 35.5. The largest absolute Gasteiger partial charge is 0.396 e. The first-order valence-electron chi connectivity index (χ1n) is 4.76. The van der Waals surface area contributed by atoms with Crippen LogP contribution in [0.25, 0.3) is 0 Å². The first kappa shape index (κ1) is 13.2. The summed E-state index contributed by atoms with van der Waals surface area (Å²) in [6, 6.07) is 5.49. The van der Waals surface area contributed by atoms with Crippen LogP contribution in [0.15, 0.2) is 18.2 Å². The number of aliphatic hydroxyl groups excluding tert-OH is 1. The van der Waals surface area contributed by atoms with Gasteiger partial charge in [-0.15, -0.1) is 0 Å². The molecule has 1 aromatic carbocycles. The van der Waals surface area contributed by atoms with Gasteiger partial charge in [0.05, 0.1) is 0 Å². The van der Waals surface area contributed by atoms with Crippen LogP contribution in [-0.4, -0.2) is 17.5 Å². The summed E-state index contributed by atoms with van der Waals surface area (Å²) in [6.45, 7) is 2.25. The molecule has 0 spiro atoms. The van der Waals surface area contributed by atoms with Gasteiger partial charge in [-0.2, -0.15) is 11.8 Å². The summed E-state index contributed by atoms with van der Waals surface area (Å²) < 4.78 is 0. The van der Waals surface area contributed by atoms with Crippen LogP contribution in [0, 0.1) is 5.92 Å². The lowest BCUT2D eigenvalue weighted by Gasteiger charge is -2.08. The molecule has 15 heavy (non-hydrogen) atoms. The van der Waals surface area contributed by atoms with E-state index in [1.807, 2.05) is 19.1 Å². The molecule has 0 aromatic heterocycles. The molecule has 0 amide bonds. The van der Waals surface area contributed by atoms with Gasteiger partial charge in [0, 0.05) is 22.4 Å². The molecule has 0 radical (unpaired) electrons. The average molecular weight is 265 g/mol. The van der Waals surface area contributed by atoms with E-state index in [9.17, 15) is 0 Å². The van der Waals surface area contributed by atoms with Crippen LogP contribution >= 0.6 is 35.0 Å². The number of halogens is 2. The van der Waals surface area contributed by atoms with Crippen LogP contribution in [0.3, 0.4) is 0 Å². The summed E-state index contributed by atoms with van der Waals surface area (Å²) in [5.41, 5.74) is 1.05. The molecule has 0 aliphatic heterocycles. The minimum atomic E-state index is 0.232. The van der Waals surface area contributed by atoms with E-state index in [1.165, 1.54) is 0 Å². The van der Waals surface area contributed by atoms with Crippen molar-refractivity contribution in [2.75, 3.05) is 12.4 Å². The summed E-state index contributed by atoms with van der Waals surface area (Å²) in [7, 11) is 0. The highest BCUT2D eigenvalue weighted by molar-refractivity contribution is 7.98. The SMILES string of the molecule is CC(CO)CSCc1cc(Cl)ccc1Cl. The second-order valence-electron chi connectivity index (χ2n) is 3.54. The zero-order valence-electron chi connectivity index (χ0n) is 8.54. The molecular formula is C11H14Cl2OS. The van der Waals surface area contributed by atoms with E-state index in [2.05, 4.69) is 0 Å². The van der Waals surface area contributed by atoms with E-state index in [-0.39, 0.29) is 6.61 Å². The Morgan fingerprint density at radius 1 is 1.40 bits per heavy atom. The molecule has 0 saturated heterocycles. The Bertz CT molecular complexity index is 317. The maximum Gasteiger partial charge on any atom is 0.0464 e. The maximum atomic E-state index is 8.87. The van der Waals surface area contributed by atoms with Crippen LogP contribution < -0.4 is 0 Å². The van der Waals surface area contributed by atoms with E-state index >= 15 is 0 Å². The number of hydrogen-bond donors (Lipinski definition) is 1. The van der Waals surface area contributed by atoms with E-state index in [1.54, 1.807) is 17.8 Å². The maximum absolute atomic E-state index is 8.87.